The van der Waals surface area contributed by atoms with E-state index in [0.29, 0.717) is 0 Å². The molecule has 256 valence electrons. The standard InChI is InChI=1S/2C10H22N2.2C6H18NSi2.2K/c2*1-11(2)9-7-5-6-8-10(9)12(3)4;2*1-8(2,3)7-9(4,5)6;;/h2*9-10H,5-8H2,1-4H3;2*1-6H3;;/q;;2*-1;2*+1/p+4/t2*9-,10-;;;;/m11..../s1. The normalized spacial score (nSPS) is 22.9. The van der Waals surface area contributed by atoms with E-state index in [-0.39, 0.29) is 103 Å². The van der Waals surface area contributed by atoms with Crippen LogP contribution in [0.3, 0.4) is 0 Å². The van der Waals surface area contributed by atoms with Crippen molar-refractivity contribution in [3.05, 3.63) is 9.30 Å². The third kappa shape index (κ3) is 31.9. The van der Waals surface area contributed by atoms with Gasteiger partial charge in [0.2, 0.25) is 0 Å². The summed E-state index contributed by atoms with van der Waals surface area (Å²) in [5.74, 6) is 0. The molecular weight excluding hydrogens is 659 g/mol. The van der Waals surface area contributed by atoms with Crippen molar-refractivity contribution in [1.82, 2.24) is 0 Å². The van der Waals surface area contributed by atoms with E-state index in [1.807, 2.05) is 0 Å². The second-order valence-corrected chi connectivity index (χ2v) is 37.4. The Kier molecular flexibility index (Phi) is 32.0. The molecule has 12 heteroatoms. The Bertz CT molecular complexity index is 574. The molecule has 2 saturated carbocycles. The van der Waals surface area contributed by atoms with Crippen LogP contribution in [0.2, 0.25) is 78.6 Å². The van der Waals surface area contributed by atoms with E-state index >= 15 is 0 Å². The molecule has 0 aromatic heterocycles. The van der Waals surface area contributed by atoms with E-state index in [1.165, 1.54) is 51.4 Å². The van der Waals surface area contributed by atoms with Gasteiger partial charge in [-0.25, -0.2) is 0 Å². The first kappa shape index (κ1) is 54.7. The van der Waals surface area contributed by atoms with Gasteiger partial charge in [0.15, 0.2) is 0 Å². The van der Waals surface area contributed by atoms with Crippen LogP contribution in [0.5, 0.6) is 0 Å². The summed E-state index contributed by atoms with van der Waals surface area (Å²) in [6.07, 6.45) is 11.5. The number of quaternary nitrogens is 4. The first-order chi connectivity index (χ1) is 18.7. The molecule has 6 nitrogen and oxygen atoms in total. The van der Waals surface area contributed by atoms with E-state index in [9.17, 15) is 0 Å². The Balaban J connectivity index is -0.000000241. The summed E-state index contributed by atoms with van der Waals surface area (Å²) in [5, 5.41) is 0. The van der Waals surface area contributed by atoms with Gasteiger partial charge in [0.1, 0.15) is 24.2 Å². The van der Waals surface area contributed by atoms with Gasteiger partial charge >= 0.3 is 103 Å². The second-order valence-electron chi connectivity index (χ2n) is 18.2. The zero-order valence-corrected chi connectivity index (χ0v) is 45.1. The molecule has 0 aromatic rings. The van der Waals surface area contributed by atoms with Gasteiger partial charge in [-0.2, -0.15) is 0 Å². The minimum atomic E-state index is -1.11. The first-order valence-corrected chi connectivity index (χ1v) is 31.1. The summed E-state index contributed by atoms with van der Waals surface area (Å²) in [6, 6.07) is 3.57. The second kappa shape index (κ2) is 25.8. The fraction of sp³-hybridized carbons (Fsp3) is 1.00. The van der Waals surface area contributed by atoms with Crippen molar-refractivity contribution in [2.45, 2.75) is 154 Å². The van der Waals surface area contributed by atoms with E-state index in [1.54, 1.807) is 19.6 Å². The molecule has 0 bridgehead atoms. The van der Waals surface area contributed by atoms with Crippen molar-refractivity contribution >= 4 is 32.9 Å². The Hall–Kier alpha value is 3.90. The summed E-state index contributed by atoms with van der Waals surface area (Å²) in [4.78, 5) is 6.56. The number of likely N-dealkylation sites (N-methyl/N-ethyl adjacent to an activating group) is 4. The van der Waals surface area contributed by atoms with E-state index in [0.717, 1.165) is 24.2 Å². The molecule has 4 atom stereocenters. The molecule has 0 heterocycles. The zero-order valence-electron chi connectivity index (χ0n) is 34.9. The maximum atomic E-state index is 4.82. The average molecular weight is 744 g/mol. The van der Waals surface area contributed by atoms with E-state index in [2.05, 4.69) is 135 Å². The Morgan fingerprint density at radius 1 is 0.341 bits per heavy atom. The van der Waals surface area contributed by atoms with Crippen molar-refractivity contribution in [2.75, 3.05) is 56.4 Å². The molecule has 2 aliphatic rings. The van der Waals surface area contributed by atoms with Crippen molar-refractivity contribution in [3.63, 3.8) is 0 Å². The number of hydrogen-bond acceptors (Lipinski definition) is 0. The van der Waals surface area contributed by atoms with Gasteiger partial charge in [-0.1, -0.05) is 112 Å². The third-order valence-electron chi connectivity index (χ3n) is 7.84. The topological polar surface area (TPSA) is 46.0 Å². The molecule has 2 aliphatic carbocycles. The van der Waals surface area contributed by atoms with Crippen LogP contribution in [0.25, 0.3) is 9.30 Å². The predicted octanol–water partition coefficient (Wildman–Crippen LogP) is -2.76. The van der Waals surface area contributed by atoms with Crippen molar-refractivity contribution in [3.8, 4) is 0 Å². The SMILES string of the molecule is C[NH+](C)[C@@H]1CCCC[C@H]1[NH+](C)C.C[NH+](C)[C@@H]1CCCC[C@H]1[NH+](C)C.C[Si](C)(C)[N-][Si](C)(C)C.C[Si](C)(C)[N-][Si](C)(C)C.[K+].[K+]. The number of nitrogens with one attached hydrogen (secondary N) is 4. The van der Waals surface area contributed by atoms with Crippen LogP contribution in [0.1, 0.15) is 51.4 Å². The van der Waals surface area contributed by atoms with Crippen LogP contribution in [-0.2, 0) is 0 Å². The van der Waals surface area contributed by atoms with Crippen LogP contribution in [0.15, 0.2) is 0 Å². The molecule has 2 rings (SSSR count). The zero-order chi connectivity index (χ0) is 33.7. The van der Waals surface area contributed by atoms with Gasteiger partial charge in [-0.3, -0.25) is 0 Å². The van der Waals surface area contributed by atoms with Gasteiger partial charge < -0.3 is 28.9 Å². The quantitative estimate of drug-likeness (QED) is 0.195. The molecule has 2 fully saturated rings. The predicted molar refractivity (Wildman–Crippen MR) is 203 cm³/mol. The minimum absolute atomic E-state index is 0. The summed E-state index contributed by atoms with van der Waals surface area (Å²) < 4.78 is 9.64. The Morgan fingerprint density at radius 2 is 0.477 bits per heavy atom. The molecule has 0 radical (unpaired) electrons. The average Bonchev–Trinajstić information content (AvgIpc) is 2.75. The largest absolute Gasteiger partial charge is 1.00 e. The van der Waals surface area contributed by atoms with Gasteiger partial charge in [0.05, 0.1) is 56.4 Å². The van der Waals surface area contributed by atoms with Crippen LogP contribution < -0.4 is 122 Å². The molecule has 0 saturated heterocycles. The summed E-state index contributed by atoms with van der Waals surface area (Å²) in [7, 11) is 14.0. The summed E-state index contributed by atoms with van der Waals surface area (Å²) in [6.45, 7) is 27.6. The van der Waals surface area contributed by atoms with Crippen LogP contribution >= 0.6 is 0 Å². The number of hydrogen-bond donors (Lipinski definition) is 4. The molecule has 0 amide bonds. The fourth-order valence-corrected chi connectivity index (χ4v) is 23.1. The van der Waals surface area contributed by atoms with E-state index in [4.69, 9.17) is 9.30 Å². The number of rotatable bonds is 8. The maximum Gasteiger partial charge on any atom is 1.00 e. The Morgan fingerprint density at radius 3 is 0.545 bits per heavy atom. The van der Waals surface area contributed by atoms with E-state index < -0.39 is 32.9 Å². The van der Waals surface area contributed by atoms with Gasteiger partial charge in [-0.05, 0) is 25.7 Å². The van der Waals surface area contributed by atoms with Crippen molar-refractivity contribution < 1.29 is 122 Å². The summed E-state index contributed by atoms with van der Waals surface area (Å²) in [5.41, 5.74) is 0. The molecule has 0 aliphatic heterocycles. The van der Waals surface area contributed by atoms with Crippen molar-refractivity contribution in [1.29, 1.82) is 0 Å². The minimum Gasteiger partial charge on any atom is -0.668 e. The third-order valence-corrected chi connectivity index (χ3v) is 18.6. The molecule has 0 spiro atoms. The maximum absolute atomic E-state index is 4.82. The van der Waals surface area contributed by atoms with Crippen LogP contribution in [0.4, 0.5) is 0 Å². The van der Waals surface area contributed by atoms with Gasteiger partial charge in [0.25, 0.3) is 0 Å². The fourth-order valence-electron chi connectivity index (χ4n) is 7.04. The monoisotopic (exact) mass is 743 g/mol. The van der Waals surface area contributed by atoms with Gasteiger partial charge in [-0.15, -0.1) is 0 Å². The molecule has 0 unspecified atom stereocenters. The Labute approximate surface area is 369 Å². The van der Waals surface area contributed by atoms with Crippen LogP contribution in [0, 0.1) is 0 Å². The van der Waals surface area contributed by atoms with Crippen molar-refractivity contribution in [2.24, 2.45) is 0 Å². The molecule has 4 N–H and O–H groups in total. The molecule has 0 aromatic carbocycles. The number of nitrogens with zero attached hydrogens (tertiary/aromatic N) is 2. The smallest absolute Gasteiger partial charge is 0.668 e. The van der Waals surface area contributed by atoms with Gasteiger partial charge in [0, 0.05) is 25.7 Å². The molecular formula is C32H84K2N6Si4+4. The molecule has 44 heavy (non-hydrogen) atoms. The summed E-state index contributed by atoms with van der Waals surface area (Å²) >= 11 is 0. The van der Waals surface area contributed by atoms with Crippen LogP contribution in [-0.4, -0.2) is 113 Å². The first-order valence-electron chi connectivity index (χ1n) is 17.3.